The van der Waals surface area contributed by atoms with Gasteiger partial charge in [-0.1, -0.05) is 11.3 Å². The Morgan fingerprint density at radius 1 is 1.77 bits per heavy atom. The summed E-state index contributed by atoms with van der Waals surface area (Å²) in [5.74, 6) is -0.116. The van der Waals surface area contributed by atoms with Crippen molar-refractivity contribution >= 4 is 22.4 Å². The number of hydrogen-bond acceptors (Lipinski definition) is 5. The third-order valence-corrected chi connectivity index (χ3v) is 2.42. The van der Waals surface area contributed by atoms with Gasteiger partial charge in [-0.3, -0.25) is 10.1 Å². The van der Waals surface area contributed by atoms with Crippen LogP contribution in [0.5, 0.6) is 0 Å². The topological polar surface area (TPSA) is 64.1 Å². The van der Waals surface area contributed by atoms with Crippen LogP contribution in [0.4, 0.5) is 5.13 Å². The van der Waals surface area contributed by atoms with Crippen molar-refractivity contribution in [2.45, 2.75) is 18.9 Å². The fourth-order valence-electron chi connectivity index (χ4n) is 1.20. The van der Waals surface area contributed by atoms with Crippen LogP contribution in [0.15, 0.2) is 5.51 Å². The van der Waals surface area contributed by atoms with Crippen molar-refractivity contribution in [3.8, 4) is 0 Å². The summed E-state index contributed by atoms with van der Waals surface area (Å²) in [6.07, 6.45) is 1.45. The number of aromatic nitrogens is 2. The van der Waals surface area contributed by atoms with Crippen LogP contribution in [0, 0.1) is 0 Å². The Morgan fingerprint density at radius 3 is 3.31 bits per heavy atom. The average molecular weight is 199 g/mol. The van der Waals surface area contributed by atoms with E-state index in [1.54, 1.807) is 5.51 Å². The summed E-state index contributed by atoms with van der Waals surface area (Å²) in [7, 11) is 0. The van der Waals surface area contributed by atoms with Gasteiger partial charge >= 0.3 is 0 Å². The molecule has 1 atom stereocenters. The van der Waals surface area contributed by atoms with Gasteiger partial charge in [0.1, 0.15) is 11.6 Å². The summed E-state index contributed by atoms with van der Waals surface area (Å²) in [6.45, 7) is 0.675. The summed E-state index contributed by atoms with van der Waals surface area (Å²) in [4.78, 5) is 11.4. The maximum atomic E-state index is 11.4. The van der Waals surface area contributed by atoms with Gasteiger partial charge in [-0.15, -0.1) is 10.2 Å². The molecule has 5 nitrogen and oxygen atoms in total. The van der Waals surface area contributed by atoms with Gasteiger partial charge in [-0.25, -0.2) is 0 Å². The number of hydrogen-bond donors (Lipinski definition) is 1. The van der Waals surface area contributed by atoms with Gasteiger partial charge in [-0.2, -0.15) is 0 Å². The summed E-state index contributed by atoms with van der Waals surface area (Å²) >= 11 is 1.30. The molecule has 0 saturated carbocycles. The molecule has 1 aliphatic rings. The van der Waals surface area contributed by atoms with Crippen LogP contribution < -0.4 is 5.32 Å². The number of nitrogens with zero attached hydrogens (tertiary/aromatic N) is 2. The highest BCUT2D eigenvalue weighted by Gasteiger charge is 2.23. The van der Waals surface area contributed by atoms with Crippen molar-refractivity contribution < 1.29 is 9.53 Å². The van der Waals surface area contributed by atoms with E-state index in [0.29, 0.717) is 11.7 Å². The fraction of sp³-hybridized carbons (Fsp3) is 0.571. The second kappa shape index (κ2) is 3.80. The van der Waals surface area contributed by atoms with Crippen LogP contribution in [-0.4, -0.2) is 28.8 Å². The number of amides is 1. The first-order valence-corrected chi connectivity index (χ1v) is 4.93. The number of rotatable bonds is 2. The molecule has 1 saturated heterocycles. The summed E-state index contributed by atoms with van der Waals surface area (Å²) in [5, 5.41) is 10.5. The number of nitrogens with one attached hydrogen (secondary N) is 1. The highest BCUT2D eigenvalue weighted by molar-refractivity contribution is 7.13. The first-order valence-electron chi connectivity index (χ1n) is 4.05. The fourth-order valence-corrected chi connectivity index (χ4v) is 1.65. The predicted octanol–water partition coefficient (Wildman–Crippen LogP) is 0.656. The Morgan fingerprint density at radius 2 is 2.69 bits per heavy atom. The van der Waals surface area contributed by atoms with Crippen LogP contribution in [0.25, 0.3) is 0 Å². The smallest absolute Gasteiger partial charge is 0.255 e. The molecule has 1 aliphatic heterocycles. The van der Waals surface area contributed by atoms with Gasteiger partial charge < -0.3 is 4.74 Å². The molecule has 0 bridgehead atoms. The van der Waals surface area contributed by atoms with Crippen molar-refractivity contribution in [2.75, 3.05) is 11.9 Å². The SMILES string of the molecule is O=C(Nc1nncs1)[C@H]1CCCO1. The van der Waals surface area contributed by atoms with Gasteiger partial charge in [0.05, 0.1) is 0 Å². The van der Waals surface area contributed by atoms with Crippen molar-refractivity contribution in [2.24, 2.45) is 0 Å². The molecule has 0 unspecified atom stereocenters. The molecule has 1 aromatic rings. The quantitative estimate of drug-likeness (QED) is 0.759. The molecular weight excluding hydrogens is 190 g/mol. The number of carbonyl (C=O) groups is 1. The third-order valence-electron chi connectivity index (χ3n) is 1.81. The van der Waals surface area contributed by atoms with Gasteiger partial charge in [0.25, 0.3) is 5.91 Å². The molecular formula is C7H9N3O2S. The zero-order valence-corrected chi connectivity index (χ0v) is 7.71. The molecule has 1 aromatic heterocycles. The standard InChI is InChI=1S/C7H9N3O2S/c11-6(5-2-1-3-12-5)9-7-10-8-4-13-7/h4-5H,1-3H2,(H,9,10,11)/t5-/m1/s1. The number of anilines is 1. The molecule has 1 amide bonds. The van der Waals surface area contributed by atoms with Gasteiger partial charge in [0, 0.05) is 6.61 Å². The monoisotopic (exact) mass is 199 g/mol. The van der Waals surface area contributed by atoms with E-state index in [-0.39, 0.29) is 12.0 Å². The van der Waals surface area contributed by atoms with Crippen molar-refractivity contribution in [1.82, 2.24) is 10.2 Å². The first-order chi connectivity index (χ1) is 6.36. The molecule has 0 radical (unpaired) electrons. The Bertz CT molecular complexity index is 282. The van der Waals surface area contributed by atoms with Crippen LogP contribution in [0.1, 0.15) is 12.8 Å². The normalized spacial score (nSPS) is 21.7. The lowest BCUT2D eigenvalue weighted by Gasteiger charge is -2.06. The van der Waals surface area contributed by atoms with E-state index in [1.807, 2.05) is 0 Å². The minimum absolute atomic E-state index is 0.116. The zero-order chi connectivity index (χ0) is 9.10. The van der Waals surface area contributed by atoms with Gasteiger partial charge in [-0.05, 0) is 12.8 Å². The first kappa shape index (κ1) is 8.58. The Balaban J connectivity index is 1.91. The van der Waals surface area contributed by atoms with E-state index in [1.165, 1.54) is 11.3 Å². The van der Waals surface area contributed by atoms with Crippen molar-refractivity contribution in [3.63, 3.8) is 0 Å². The molecule has 1 N–H and O–H groups in total. The van der Waals surface area contributed by atoms with Crippen LogP contribution in [0.2, 0.25) is 0 Å². The van der Waals surface area contributed by atoms with E-state index in [0.717, 1.165) is 12.8 Å². The van der Waals surface area contributed by atoms with E-state index >= 15 is 0 Å². The number of ether oxygens (including phenoxy) is 1. The molecule has 0 spiro atoms. The maximum Gasteiger partial charge on any atom is 0.255 e. The minimum atomic E-state index is -0.302. The summed E-state index contributed by atoms with van der Waals surface area (Å²) in [5.41, 5.74) is 1.57. The molecule has 2 rings (SSSR count). The highest BCUT2D eigenvalue weighted by Crippen LogP contribution is 2.15. The molecule has 13 heavy (non-hydrogen) atoms. The second-order valence-electron chi connectivity index (χ2n) is 2.73. The summed E-state index contributed by atoms with van der Waals surface area (Å²) < 4.78 is 5.21. The largest absolute Gasteiger partial charge is 0.368 e. The average Bonchev–Trinajstić information content (AvgIpc) is 2.74. The Labute approximate surface area is 79.1 Å². The van der Waals surface area contributed by atoms with Crippen molar-refractivity contribution in [1.29, 1.82) is 0 Å². The predicted molar refractivity (Wildman–Crippen MR) is 47.5 cm³/mol. The molecule has 2 heterocycles. The highest BCUT2D eigenvalue weighted by atomic mass is 32.1. The van der Waals surface area contributed by atoms with Gasteiger partial charge in [0.15, 0.2) is 0 Å². The molecule has 0 aliphatic carbocycles. The molecule has 0 aromatic carbocycles. The van der Waals surface area contributed by atoms with E-state index in [9.17, 15) is 4.79 Å². The number of carbonyl (C=O) groups excluding carboxylic acids is 1. The molecule has 1 fully saturated rings. The molecule has 6 heteroatoms. The second-order valence-corrected chi connectivity index (χ2v) is 3.57. The van der Waals surface area contributed by atoms with Crippen LogP contribution in [-0.2, 0) is 9.53 Å². The van der Waals surface area contributed by atoms with E-state index in [4.69, 9.17) is 4.74 Å². The maximum absolute atomic E-state index is 11.4. The lowest BCUT2D eigenvalue weighted by molar-refractivity contribution is -0.124. The van der Waals surface area contributed by atoms with Crippen LogP contribution in [0.3, 0.4) is 0 Å². The van der Waals surface area contributed by atoms with E-state index in [2.05, 4.69) is 15.5 Å². The lowest BCUT2D eigenvalue weighted by Crippen LogP contribution is -2.26. The lowest BCUT2D eigenvalue weighted by atomic mass is 10.2. The third kappa shape index (κ3) is 2.02. The van der Waals surface area contributed by atoms with Crippen molar-refractivity contribution in [3.05, 3.63) is 5.51 Å². The van der Waals surface area contributed by atoms with E-state index < -0.39 is 0 Å². The van der Waals surface area contributed by atoms with Crippen LogP contribution >= 0.6 is 11.3 Å². The van der Waals surface area contributed by atoms with Gasteiger partial charge in [0.2, 0.25) is 5.13 Å². The Hall–Kier alpha value is -1.01. The summed E-state index contributed by atoms with van der Waals surface area (Å²) in [6, 6.07) is 0. The zero-order valence-electron chi connectivity index (χ0n) is 6.90. The molecule has 70 valence electrons. The minimum Gasteiger partial charge on any atom is -0.368 e. The Kier molecular flexibility index (Phi) is 2.51.